The molecule has 7 rings (SSSR count). The summed E-state index contributed by atoms with van der Waals surface area (Å²) >= 11 is 1.74. The fraction of sp³-hybridized carbons (Fsp3) is 0.353. The molecule has 9 nitrogen and oxygen atoms in total. The number of pyridine rings is 2. The molecule has 2 aliphatic rings. The summed E-state index contributed by atoms with van der Waals surface area (Å²) in [5.74, 6) is 0.451. The predicted molar refractivity (Wildman–Crippen MR) is 176 cm³/mol. The number of morpholine rings is 1. The Hall–Kier alpha value is -3.96. The highest BCUT2D eigenvalue weighted by atomic mass is 32.1. The molecule has 2 fully saturated rings. The molecular weight excluding hydrogens is 570 g/mol. The molecule has 10 heteroatoms. The van der Waals surface area contributed by atoms with E-state index >= 15 is 0 Å². The number of thiophene rings is 1. The van der Waals surface area contributed by atoms with Crippen molar-refractivity contribution in [2.45, 2.75) is 44.9 Å². The van der Waals surface area contributed by atoms with E-state index in [9.17, 15) is 4.79 Å². The topological polar surface area (TPSA) is 97.2 Å². The van der Waals surface area contributed by atoms with Crippen molar-refractivity contribution >= 4 is 34.0 Å². The number of nitrogens with one attached hydrogen (secondary N) is 2. The standard InChI is InChI=1S/C34H37N7O2S/c1-22-17-26(31(44-22)24-10-12-35-13-11-24)21-41-32-25(18-28(33(41)42)29-5-3-4-15-40(29)2)19-37-34(39-32)38-27-8-6-23(7-9-27)30-20-36-14-16-43-30/h6-13,17-19,29-30,36H,3-5,14-16,20-21H2,1-2H3,(H,37,38,39). The average Bonchev–Trinajstić information content (AvgIpc) is 3.44. The van der Waals surface area contributed by atoms with Gasteiger partial charge in [-0.1, -0.05) is 18.6 Å². The third kappa shape index (κ3) is 5.90. The fourth-order valence-corrected chi connectivity index (χ4v) is 7.42. The third-order valence-electron chi connectivity index (χ3n) is 8.65. The van der Waals surface area contributed by atoms with Gasteiger partial charge >= 0.3 is 0 Å². The lowest BCUT2D eigenvalue weighted by Crippen LogP contribution is -2.35. The maximum atomic E-state index is 14.4. The minimum atomic E-state index is 0.0101. The molecule has 44 heavy (non-hydrogen) atoms. The van der Waals surface area contributed by atoms with Gasteiger partial charge in [-0.05, 0) is 86.4 Å². The Labute approximate surface area is 261 Å². The molecule has 0 bridgehead atoms. The molecule has 5 aromatic rings. The molecule has 2 atom stereocenters. The predicted octanol–water partition coefficient (Wildman–Crippen LogP) is 5.83. The second-order valence-corrected chi connectivity index (χ2v) is 13.0. The maximum absolute atomic E-state index is 14.4. The van der Waals surface area contributed by atoms with E-state index in [4.69, 9.17) is 9.72 Å². The van der Waals surface area contributed by atoms with Crippen LogP contribution in [0.15, 0.2) is 71.9 Å². The third-order valence-corrected chi connectivity index (χ3v) is 9.80. The Morgan fingerprint density at radius 1 is 1.11 bits per heavy atom. The van der Waals surface area contributed by atoms with Gasteiger partial charge < -0.3 is 15.4 Å². The highest BCUT2D eigenvalue weighted by Gasteiger charge is 2.26. The summed E-state index contributed by atoms with van der Waals surface area (Å²) in [6, 6.07) is 16.5. The molecule has 6 heterocycles. The maximum Gasteiger partial charge on any atom is 0.257 e. The number of hydrogen-bond acceptors (Lipinski definition) is 9. The smallest absolute Gasteiger partial charge is 0.257 e. The van der Waals surface area contributed by atoms with E-state index in [0.717, 1.165) is 77.1 Å². The molecule has 2 saturated heterocycles. The minimum absolute atomic E-state index is 0.0101. The Bertz CT molecular complexity index is 1810. The van der Waals surface area contributed by atoms with Crippen molar-refractivity contribution in [3.8, 4) is 10.4 Å². The van der Waals surface area contributed by atoms with Crippen LogP contribution in [-0.4, -0.2) is 57.7 Å². The summed E-state index contributed by atoms with van der Waals surface area (Å²) in [6.07, 6.45) is 8.75. The number of aryl methyl sites for hydroxylation is 1. The Kier molecular flexibility index (Phi) is 8.22. The van der Waals surface area contributed by atoms with E-state index in [1.54, 1.807) is 11.3 Å². The van der Waals surface area contributed by atoms with E-state index in [0.29, 0.717) is 24.7 Å². The molecule has 2 unspecified atom stereocenters. The van der Waals surface area contributed by atoms with Gasteiger partial charge in [0.25, 0.3) is 5.56 Å². The van der Waals surface area contributed by atoms with Crippen molar-refractivity contribution in [3.05, 3.63) is 99.0 Å². The summed E-state index contributed by atoms with van der Waals surface area (Å²) in [4.78, 5) is 32.8. The lowest BCUT2D eigenvalue weighted by atomic mass is 9.96. The molecule has 0 saturated carbocycles. The summed E-state index contributed by atoms with van der Waals surface area (Å²) in [5.41, 5.74) is 5.65. The van der Waals surface area contributed by atoms with Crippen molar-refractivity contribution in [2.75, 3.05) is 38.6 Å². The van der Waals surface area contributed by atoms with E-state index in [1.807, 2.05) is 53.5 Å². The van der Waals surface area contributed by atoms with Gasteiger partial charge in [-0.3, -0.25) is 19.2 Å². The number of nitrogens with zero attached hydrogens (tertiary/aromatic N) is 5. The molecule has 1 aromatic carbocycles. The van der Waals surface area contributed by atoms with Crippen molar-refractivity contribution in [1.82, 2.24) is 29.7 Å². The van der Waals surface area contributed by atoms with Gasteiger partial charge in [-0.15, -0.1) is 11.3 Å². The van der Waals surface area contributed by atoms with Crippen LogP contribution >= 0.6 is 11.3 Å². The van der Waals surface area contributed by atoms with Crippen LogP contribution in [-0.2, 0) is 11.3 Å². The van der Waals surface area contributed by atoms with Gasteiger partial charge in [-0.25, -0.2) is 4.98 Å². The first-order valence-electron chi connectivity index (χ1n) is 15.3. The molecule has 0 spiro atoms. The van der Waals surface area contributed by atoms with Crippen LogP contribution < -0.4 is 16.2 Å². The van der Waals surface area contributed by atoms with Crippen LogP contribution in [0.1, 0.15) is 53.0 Å². The van der Waals surface area contributed by atoms with Crippen LogP contribution in [0.2, 0.25) is 0 Å². The van der Waals surface area contributed by atoms with Gasteiger partial charge in [-0.2, -0.15) is 4.98 Å². The van der Waals surface area contributed by atoms with E-state index < -0.39 is 0 Å². The number of hydrogen-bond donors (Lipinski definition) is 2. The lowest BCUT2D eigenvalue weighted by molar-refractivity contribution is 0.0277. The second kappa shape index (κ2) is 12.6. The molecule has 226 valence electrons. The first-order chi connectivity index (χ1) is 21.5. The number of anilines is 2. The van der Waals surface area contributed by atoms with Crippen LogP contribution in [0.25, 0.3) is 21.5 Å². The molecular formula is C34H37N7O2S. The number of benzene rings is 1. The molecule has 2 N–H and O–H groups in total. The number of fused-ring (bicyclic) bond motifs is 1. The van der Waals surface area contributed by atoms with Crippen LogP contribution in [0.5, 0.6) is 0 Å². The minimum Gasteiger partial charge on any atom is -0.371 e. The molecule has 2 aliphatic heterocycles. The Balaban J connectivity index is 1.28. The van der Waals surface area contributed by atoms with Crippen molar-refractivity contribution in [3.63, 3.8) is 0 Å². The molecule has 4 aromatic heterocycles. The van der Waals surface area contributed by atoms with E-state index in [-0.39, 0.29) is 17.7 Å². The first-order valence-corrected chi connectivity index (χ1v) is 16.1. The SMILES string of the molecule is Cc1cc(Cn2c(=O)c(C3CCCCN3C)cc3cnc(Nc4ccc(C5CNCCO5)cc4)nc32)c(-c2ccncc2)s1. The van der Waals surface area contributed by atoms with Crippen molar-refractivity contribution in [2.24, 2.45) is 0 Å². The zero-order chi connectivity index (χ0) is 30.0. The fourth-order valence-electron chi connectivity index (χ4n) is 6.39. The van der Waals surface area contributed by atoms with E-state index in [1.165, 1.54) is 4.88 Å². The van der Waals surface area contributed by atoms with Crippen LogP contribution in [0.4, 0.5) is 11.6 Å². The molecule has 0 aliphatic carbocycles. The Morgan fingerprint density at radius 2 is 1.95 bits per heavy atom. The number of likely N-dealkylation sites (tertiary alicyclic amines) is 1. The second-order valence-electron chi connectivity index (χ2n) is 11.7. The number of aromatic nitrogens is 4. The zero-order valence-electron chi connectivity index (χ0n) is 25.1. The summed E-state index contributed by atoms with van der Waals surface area (Å²) in [5, 5.41) is 7.60. The van der Waals surface area contributed by atoms with Gasteiger partial charge in [0.15, 0.2) is 0 Å². The lowest BCUT2D eigenvalue weighted by Gasteiger charge is -2.32. The van der Waals surface area contributed by atoms with E-state index in [2.05, 4.69) is 57.7 Å². The molecule has 0 amide bonds. The normalized spacial score (nSPS) is 19.3. The summed E-state index contributed by atoms with van der Waals surface area (Å²) < 4.78 is 7.75. The van der Waals surface area contributed by atoms with Crippen LogP contribution in [0.3, 0.4) is 0 Å². The average molecular weight is 608 g/mol. The highest BCUT2D eigenvalue weighted by Crippen LogP contribution is 2.34. The molecule has 0 radical (unpaired) electrons. The number of ether oxygens (including phenoxy) is 1. The zero-order valence-corrected chi connectivity index (χ0v) is 25.9. The summed E-state index contributed by atoms with van der Waals surface area (Å²) in [6.45, 7) is 5.92. The first kappa shape index (κ1) is 28.8. The monoisotopic (exact) mass is 607 g/mol. The van der Waals surface area contributed by atoms with Crippen LogP contribution in [0, 0.1) is 6.92 Å². The van der Waals surface area contributed by atoms with Gasteiger partial charge in [0, 0.05) is 64.1 Å². The van der Waals surface area contributed by atoms with Gasteiger partial charge in [0.1, 0.15) is 5.65 Å². The van der Waals surface area contributed by atoms with Gasteiger partial charge in [0.05, 0.1) is 19.3 Å². The van der Waals surface area contributed by atoms with Crippen molar-refractivity contribution in [1.29, 1.82) is 0 Å². The van der Waals surface area contributed by atoms with Crippen molar-refractivity contribution < 1.29 is 4.74 Å². The quantitative estimate of drug-likeness (QED) is 0.239. The number of rotatable bonds is 7. The van der Waals surface area contributed by atoms with Gasteiger partial charge in [0.2, 0.25) is 5.95 Å². The largest absolute Gasteiger partial charge is 0.371 e. The highest BCUT2D eigenvalue weighted by molar-refractivity contribution is 7.15. The Morgan fingerprint density at radius 3 is 2.73 bits per heavy atom. The summed E-state index contributed by atoms with van der Waals surface area (Å²) in [7, 11) is 2.12. The number of piperidine rings is 1.